The van der Waals surface area contributed by atoms with Gasteiger partial charge in [-0.05, 0) is 26.0 Å². The molecule has 2 rings (SSSR count). The van der Waals surface area contributed by atoms with Crippen LogP contribution in [0.25, 0.3) is 0 Å². The van der Waals surface area contributed by atoms with Crippen LogP contribution in [0.15, 0.2) is 36.5 Å². The average Bonchev–Trinajstić information content (AvgIpc) is 2.95. The fraction of sp³-hybridized carbons (Fsp3) is 0.438. The van der Waals surface area contributed by atoms with Crippen LogP contribution in [0.4, 0.5) is 0 Å². The predicted molar refractivity (Wildman–Crippen MR) is 84.1 cm³/mol. The molecular formula is C16H22N2OS. The zero-order valence-electron chi connectivity index (χ0n) is 12.3. The number of aromatic nitrogens is 1. The van der Waals surface area contributed by atoms with Gasteiger partial charge in [0, 0.05) is 23.7 Å². The first-order valence-corrected chi connectivity index (χ1v) is 7.93. The Kier molecular flexibility index (Phi) is 5.71. The summed E-state index contributed by atoms with van der Waals surface area (Å²) in [6.07, 6.45) is 1.90. The molecule has 0 saturated carbocycles. The number of thiazole rings is 1. The maximum atomic E-state index is 5.89. The Morgan fingerprint density at radius 2 is 2.00 bits per heavy atom. The van der Waals surface area contributed by atoms with Crippen LogP contribution in [0.5, 0.6) is 0 Å². The van der Waals surface area contributed by atoms with Gasteiger partial charge in [-0.15, -0.1) is 11.3 Å². The van der Waals surface area contributed by atoms with E-state index in [1.807, 2.05) is 31.3 Å². The SMILES string of the molecule is CCNC(C)c1cnc(C(OCC)c2ccccc2)s1. The van der Waals surface area contributed by atoms with Gasteiger partial charge < -0.3 is 10.1 Å². The van der Waals surface area contributed by atoms with Crippen molar-refractivity contribution in [1.29, 1.82) is 0 Å². The molecule has 0 amide bonds. The molecule has 1 N–H and O–H groups in total. The molecule has 1 heterocycles. The van der Waals surface area contributed by atoms with E-state index in [2.05, 4.69) is 36.3 Å². The molecule has 0 saturated heterocycles. The minimum atomic E-state index is -0.0613. The molecule has 4 heteroatoms. The summed E-state index contributed by atoms with van der Waals surface area (Å²) in [5, 5.41) is 4.44. The molecule has 3 nitrogen and oxygen atoms in total. The summed E-state index contributed by atoms with van der Waals surface area (Å²) in [5.74, 6) is 0. The molecule has 0 radical (unpaired) electrons. The molecule has 0 aliphatic heterocycles. The first kappa shape index (κ1) is 15.2. The van der Waals surface area contributed by atoms with Crippen molar-refractivity contribution in [2.45, 2.75) is 32.9 Å². The summed E-state index contributed by atoms with van der Waals surface area (Å²) in [5.41, 5.74) is 1.16. The first-order chi connectivity index (χ1) is 9.76. The van der Waals surface area contributed by atoms with Crippen molar-refractivity contribution >= 4 is 11.3 Å². The van der Waals surface area contributed by atoms with Gasteiger partial charge in [0.05, 0.1) is 0 Å². The largest absolute Gasteiger partial charge is 0.367 e. The van der Waals surface area contributed by atoms with Crippen molar-refractivity contribution < 1.29 is 4.74 Å². The monoisotopic (exact) mass is 290 g/mol. The molecule has 0 bridgehead atoms. The van der Waals surface area contributed by atoms with Gasteiger partial charge in [-0.3, -0.25) is 0 Å². The third-order valence-electron chi connectivity index (χ3n) is 3.14. The van der Waals surface area contributed by atoms with Crippen molar-refractivity contribution in [2.75, 3.05) is 13.2 Å². The molecule has 2 atom stereocenters. The van der Waals surface area contributed by atoms with Gasteiger partial charge >= 0.3 is 0 Å². The van der Waals surface area contributed by atoms with E-state index < -0.39 is 0 Å². The van der Waals surface area contributed by atoms with E-state index in [1.165, 1.54) is 4.88 Å². The fourth-order valence-corrected chi connectivity index (χ4v) is 3.16. The van der Waals surface area contributed by atoms with Crippen molar-refractivity contribution in [3.8, 4) is 0 Å². The lowest BCUT2D eigenvalue weighted by molar-refractivity contribution is 0.0911. The Morgan fingerprint density at radius 3 is 2.65 bits per heavy atom. The molecule has 2 unspecified atom stereocenters. The van der Waals surface area contributed by atoms with Crippen LogP contribution in [0.3, 0.4) is 0 Å². The highest BCUT2D eigenvalue weighted by Crippen LogP contribution is 2.31. The first-order valence-electron chi connectivity index (χ1n) is 7.11. The summed E-state index contributed by atoms with van der Waals surface area (Å²) >= 11 is 1.73. The van der Waals surface area contributed by atoms with E-state index in [4.69, 9.17) is 4.74 Å². The minimum Gasteiger partial charge on any atom is -0.367 e. The Bertz CT molecular complexity index is 512. The molecule has 1 aromatic heterocycles. The molecule has 0 aliphatic carbocycles. The third kappa shape index (κ3) is 3.66. The molecule has 1 aromatic carbocycles. The summed E-state index contributed by atoms with van der Waals surface area (Å²) < 4.78 is 5.89. The third-order valence-corrected chi connectivity index (χ3v) is 4.36. The summed E-state index contributed by atoms with van der Waals surface area (Å²) in [4.78, 5) is 5.82. The predicted octanol–water partition coefficient (Wildman–Crippen LogP) is 3.94. The number of ether oxygens (including phenoxy) is 1. The van der Waals surface area contributed by atoms with E-state index in [0.29, 0.717) is 12.6 Å². The topological polar surface area (TPSA) is 34.2 Å². The molecule has 0 aliphatic rings. The second-order valence-corrected chi connectivity index (χ2v) is 5.72. The van der Waals surface area contributed by atoms with Crippen LogP contribution in [0.2, 0.25) is 0 Å². The Hall–Kier alpha value is -1.23. The van der Waals surface area contributed by atoms with Crippen LogP contribution in [-0.4, -0.2) is 18.1 Å². The highest BCUT2D eigenvalue weighted by Gasteiger charge is 2.19. The van der Waals surface area contributed by atoms with E-state index in [0.717, 1.165) is 17.1 Å². The number of hydrogen-bond acceptors (Lipinski definition) is 4. The average molecular weight is 290 g/mol. The van der Waals surface area contributed by atoms with Crippen LogP contribution < -0.4 is 5.32 Å². The lowest BCUT2D eigenvalue weighted by atomic mass is 10.1. The molecule has 0 fully saturated rings. The molecule has 20 heavy (non-hydrogen) atoms. The van der Waals surface area contributed by atoms with E-state index in [9.17, 15) is 0 Å². The van der Waals surface area contributed by atoms with Gasteiger partial charge in [-0.1, -0.05) is 37.3 Å². The lowest BCUT2D eigenvalue weighted by Gasteiger charge is -2.15. The highest BCUT2D eigenvalue weighted by molar-refractivity contribution is 7.11. The van der Waals surface area contributed by atoms with Crippen molar-refractivity contribution in [3.05, 3.63) is 52.0 Å². The number of hydrogen-bond donors (Lipinski definition) is 1. The Balaban J connectivity index is 2.22. The van der Waals surface area contributed by atoms with Crippen LogP contribution in [0, 0.1) is 0 Å². The van der Waals surface area contributed by atoms with Crippen molar-refractivity contribution in [2.24, 2.45) is 0 Å². The summed E-state index contributed by atoms with van der Waals surface area (Å²) in [7, 11) is 0. The molecular weight excluding hydrogens is 268 g/mol. The van der Waals surface area contributed by atoms with E-state index in [1.54, 1.807) is 11.3 Å². The Morgan fingerprint density at radius 1 is 1.25 bits per heavy atom. The highest BCUT2D eigenvalue weighted by atomic mass is 32.1. The molecule has 108 valence electrons. The summed E-state index contributed by atoms with van der Waals surface area (Å²) in [6.45, 7) is 7.94. The quantitative estimate of drug-likeness (QED) is 0.838. The zero-order chi connectivity index (χ0) is 14.4. The van der Waals surface area contributed by atoms with E-state index in [-0.39, 0.29) is 6.10 Å². The van der Waals surface area contributed by atoms with Crippen molar-refractivity contribution in [1.82, 2.24) is 10.3 Å². The number of rotatable bonds is 7. The van der Waals surface area contributed by atoms with Crippen LogP contribution in [0.1, 0.15) is 48.4 Å². The second-order valence-electron chi connectivity index (χ2n) is 4.63. The van der Waals surface area contributed by atoms with Crippen LogP contribution >= 0.6 is 11.3 Å². The number of nitrogens with zero attached hydrogens (tertiary/aromatic N) is 1. The van der Waals surface area contributed by atoms with Gasteiger partial charge in [0.1, 0.15) is 11.1 Å². The standard InChI is InChI=1S/C16H22N2OS/c1-4-17-12(3)14-11-18-16(20-14)15(19-5-2)13-9-7-6-8-10-13/h6-12,15,17H,4-5H2,1-3H3. The maximum absolute atomic E-state index is 5.89. The van der Waals surface area contributed by atoms with Gasteiger partial charge in [0.2, 0.25) is 0 Å². The van der Waals surface area contributed by atoms with Gasteiger partial charge in [0.15, 0.2) is 0 Å². The molecule has 2 aromatic rings. The number of nitrogens with one attached hydrogen (secondary N) is 1. The number of benzene rings is 1. The normalized spacial score (nSPS) is 14.2. The summed E-state index contributed by atoms with van der Waals surface area (Å²) in [6, 6.07) is 10.6. The minimum absolute atomic E-state index is 0.0613. The lowest BCUT2D eigenvalue weighted by Crippen LogP contribution is -2.16. The van der Waals surface area contributed by atoms with Gasteiger partial charge in [-0.25, -0.2) is 4.98 Å². The van der Waals surface area contributed by atoms with Crippen molar-refractivity contribution in [3.63, 3.8) is 0 Å². The fourth-order valence-electron chi connectivity index (χ4n) is 2.13. The smallest absolute Gasteiger partial charge is 0.134 e. The maximum Gasteiger partial charge on any atom is 0.134 e. The Labute approximate surface area is 125 Å². The van der Waals surface area contributed by atoms with Crippen LogP contribution in [-0.2, 0) is 4.74 Å². The van der Waals surface area contributed by atoms with Gasteiger partial charge in [-0.2, -0.15) is 0 Å². The van der Waals surface area contributed by atoms with Gasteiger partial charge in [0.25, 0.3) is 0 Å². The van der Waals surface area contributed by atoms with E-state index >= 15 is 0 Å². The molecule has 0 spiro atoms. The second kappa shape index (κ2) is 7.53. The zero-order valence-corrected chi connectivity index (χ0v) is 13.1.